The van der Waals surface area contributed by atoms with Gasteiger partial charge in [0.05, 0.1) is 18.9 Å². The van der Waals surface area contributed by atoms with Gasteiger partial charge in [0.1, 0.15) is 18.8 Å². The van der Waals surface area contributed by atoms with Crippen molar-refractivity contribution in [2.75, 3.05) is 20.2 Å². The van der Waals surface area contributed by atoms with Crippen LogP contribution >= 0.6 is 0 Å². The molecule has 134 valence electrons. The highest BCUT2D eigenvalue weighted by molar-refractivity contribution is 5.97. The second kappa shape index (κ2) is 9.75. The van der Waals surface area contributed by atoms with E-state index in [-0.39, 0.29) is 18.4 Å². The quantitative estimate of drug-likeness (QED) is 0.694. The second-order valence-electron chi connectivity index (χ2n) is 5.68. The molecule has 0 fully saturated rings. The summed E-state index contributed by atoms with van der Waals surface area (Å²) in [6.07, 6.45) is 4.50. The summed E-state index contributed by atoms with van der Waals surface area (Å²) in [5.41, 5.74) is 0.342. The minimum Gasteiger partial charge on any atom is -0.472 e. The standard InChI is InChI=1S/C17H26N2O5/c1-5-13(6-2)9-19(10-15(20)23-4)17(22)12(3)18-16(21)14-7-8-24-11-14/h7-8,11-13H,5-6,9-10H2,1-4H3,(H,18,21). The molecule has 2 amide bonds. The molecular formula is C17H26N2O5. The Bertz CT molecular complexity index is 537. The maximum Gasteiger partial charge on any atom is 0.325 e. The average molecular weight is 338 g/mol. The number of ether oxygens (including phenoxy) is 1. The molecule has 0 radical (unpaired) electrons. The molecule has 7 nitrogen and oxygen atoms in total. The van der Waals surface area contributed by atoms with Crippen LogP contribution in [-0.2, 0) is 14.3 Å². The van der Waals surface area contributed by atoms with Crippen LogP contribution in [0, 0.1) is 5.92 Å². The number of amides is 2. The summed E-state index contributed by atoms with van der Waals surface area (Å²) >= 11 is 0. The van der Waals surface area contributed by atoms with Gasteiger partial charge in [-0.1, -0.05) is 26.7 Å². The lowest BCUT2D eigenvalue weighted by Crippen LogP contribution is -2.49. The van der Waals surface area contributed by atoms with Crippen LogP contribution in [0.2, 0.25) is 0 Å². The van der Waals surface area contributed by atoms with E-state index in [1.165, 1.54) is 30.6 Å². The number of hydrogen-bond donors (Lipinski definition) is 1. The first-order chi connectivity index (χ1) is 11.4. The van der Waals surface area contributed by atoms with Gasteiger partial charge in [-0.25, -0.2) is 0 Å². The number of hydrogen-bond acceptors (Lipinski definition) is 5. The van der Waals surface area contributed by atoms with Crippen LogP contribution in [0.25, 0.3) is 0 Å². The van der Waals surface area contributed by atoms with Gasteiger partial charge in [-0.3, -0.25) is 14.4 Å². The number of furan rings is 1. The Kier molecular flexibility index (Phi) is 8.01. The average Bonchev–Trinajstić information content (AvgIpc) is 3.12. The fourth-order valence-electron chi connectivity index (χ4n) is 2.32. The summed E-state index contributed by atoms with van der Waals surface area (Å²) in [6, 6.07) is 0.759. The number of esters is 1. The van der Waals surface area contributed by atoms with Crippen LogP contribution in [0.5, 0.6) is 0 Å². The highest BCUT2D eigenvalue weighted by Gasteiger charge is 2.26. The first kappa shape index (κ1) is 19.7. The Balaban J connectivity index is 2.76. The highest BCUT2D eigenvalue weighted by Crippen LogP contribution is 2.11. The molecule has 0 saturated carbocycles. The zero-order chi connectivity index (χ0) is 18.1. The molecule has 1 rings (SSSR count). The summed E-state index contributed by atoms with van der Waals surface area (Å²) in [4.78, 5) is 37.7. The van der Waals surface area contributed by atoms with Crippen molar-refractivity contribution in [3.63, 3.8) is 0 Å². The van der Waals surface area contributed by atoms with Gasteiger partial charge < -0.3 is 19.4 Å². The van der Waals surface area contributed by atoms with Crippen molar-refractivity contribution >= 4 is 17.8 Å². The Morgan fingerprint density at radius 3 is 2.46 bits per heavy atom. The van der Waals surface area contributed by atoms with E-state index in [1.807, 2.05) is 13.8 Å². The molecule has 0 saturated heterocycles. The van der Waals surface area contributed by atoms with Gasteiger partial charge in [0, 0.05) is 6.54 Å². The summed E-state index contributed by atoms with van der Waals surface area (Å²) in [6.45, 7) is 6.00. The molecule has 0 aromatic carbocycles. The number of rotatable bonds is 9. The van der Waals surface area contributed by atoms with Crippen LogP contribution in [-0.4, -0.2) is 48.9 Å². The lowest BCUT2D eigenvalue weighted by Gasteiger charge is -2.28. The zero-order valence-electron chi connectivity index (χ0n) is 14.7. The molecule has 7 heteroatoms. The Hall–Kier alpha value is -2.31. The summed E-state index contributed by atoms with van der Waals surface area (Å²) in [5, 5.41) is 2.62. The van der Waals surface area contributed by atoms with Crippen molar-refractivity contribution in [2.45, 2.75) is 39.7 Å². The van der Waals surface area contributed by atoms with Crippen molar-refractivity contribution in [3.8, 4) is 0 Å². The third-order valence-corrected chi connectivity index (χ3v) is 3.99. The summed E-state index contributed by atoms with van der Waals surface area (Å²) in [7, 11) is 1.28. The van der Waals surface area contributed by atoms with Crippen molar-refractivity contribution in [1.82, 2.24) is 10.2 Å². The molecule has 0 spiro atoms. The molecular weight excluding hydrogens is 312 g/mol. The van der Waals surface area contributed by atoms with E-state index in [0.717, 1.165) is 12.8 Å². The SMILES string of the molecule is CCC(CC)CN(CC(=O)OC)C(=O)C(C)NC(=O)c1ccoc1. The second-order valence-corrected chi connectivity index (χ2v) is 5.68. The normalized spacial score (nSPS) is 11.9. The lowest BCUT2D eigenvalue weighted by molar-refractivity contribution is -0.148. The van der Waals surface area contributed by atoms with Gasteiger partial charge in [0.2, 0.25) is 5.91 Å². The maximum absolute atomic E-state index is 12.6. The lowest BCUT2D eigenvalue weighted by atomic mass is 10.0. The molecule has 0 aliphatic rings. The Labute approximate surface area is 142 Å². The van der Waals surface area contributed by atoms with Crippen molar-refractivity contribution in [3.05, 3.63) is 24.2 Å². The molecule has 24 heavy (non-hydrogen) atoms. The fourth-order valence-corrected chi connectivity index (χ4v) is 2.32. The zero-order valence-corrected chi connectivity index (χ0v) is 14.7. The Morgan fingerprint density at radius 2 is 1.96 bits per heavy atom. The molecule has 1 aromatic rings. The number of nitrogens with one attached hydrogen (secondary N) is 1. The molecule has 0 aliphatic heterocycles. The minimum atomic E-state index is -0.758. The number of carbonyl (C=O) groups excluding carboxylic acids is 3. The number of nitrogens with zero attached hydrogens (tertiary/aromatic N) is 1. The third kappa shape index (κ3) is 5.72. The smallest absolute Gasteiger partial charge is 0.325 e. The third-order valence-electron chi connectivity index (χ3n) is 3.99. The van der Waals surface area contributed by atoms with Gasteiger partial charge in [0.15, 0.2) is 0 Å². The maximum atomic E-state index is 12.6. The minimum absolute atomic E-state index is 0.127. The summed E-state index contributed by atoms with van der Waals surface area (Å²) < 4.78 is 9.52. The van der Waals surface area contributed by atoms with E-state index in [1.54, 1.807) is 6.92 Å². The largest absolute Gasteiger partial charge is 0.472 e. The predicted octanol–water partition coefficient (Wildman–Crippen LogP) is 1.84. The van der Waals surface area contributed by atoms with E-state index < -0.39 is 17.9 Å². The molecule has 1 N–H and O–H groups in total. The number of methoxy groups -OCH3 is 1. The first-order valence-corrected chi connectivity index (χ1v) is 8.11. The van der Waals surface area contributed by atoms with Gasteiger partial charge in [-0.05, 0) is 18.9 Å². The van der Waals surface area contributed by atoms with E-state index in [2.05, 4.69) is 10.1 Å². The van der Waals surface area contributed by atoms with Gasteiger partial charge >= 0.3 is 5.97 Å². The summed E-state index contributed by atoms with van der Waals surface area (Å²) in [5.74, 6) is -0.910. The van der Waals surface area contributed by atoms with E-state index in [4.69, 9.17) is 4.42 Å². The van der Waals surface area contributed by atoms with Crippen molar-refractivity contribution < 1.29 is 23.5 Å². The first-order valence-electron chi connectivity index (χ1n) is 8.11. The fraction of sp³-hybridized carbons (Fsp3) is 0.588. The van der Waals surface area contributed by atoms with Crippen molar-refractivity contribution in [2.24, 2.45) is 5.92 Å². The van der Waals surface area contributed by atoms with E-state index in [0.29, 0.717) is 12.1 Å². The van der Waals surface area contributed by atoms with Crippen LogP contribution < -0.4 is 5.32 Å². The predicted molar refractivity (Wildman–Crippen MR) is 88.3 cm³/mol. The van der Waals surface area contributed by atoms with Gasteiger partial charge in [-0.2, -0.15) is 0 Å². The monoisotopic (exact) mass is 338 g/mol. The molecule has 1 atom stereocenters. The molecule has 0 aliphatic carbocycles. The Morgan fingerprint density at radius 1 is 1.29 bits per heavy atom. The highest BCUT2D eigenvalue weighted by atomic mass is 16.5. The molecule has 1 heterocycles. The van der Waals surface area contributed by atoms with Crippen LogP contribution in [0.15, 0.2) is 23.0 Å². The topological polar surface area (TPSA) is 88.9 Å². The van der Waals surface area contributed by atoms with Gasteiger partial charge in [-0.15, -0.1) is 0 Å². The van der Waals surface area contributed by atoms with Crippen LogP contribution in [0.3, 0.4) is 0 Å². The van der Waals surface area contributed by atoms with E-state index in [9.17, 15) is 14.4 Å². The molecule has 0 bridgehead atoms. The van der Waals surface area contributed by atoms with Crippen LogP contribution in [0.1, 0.15) is 44.0 Å². The van der Waals surface area contributed by atoms with Crippen LogP contribution in [0.4, 0.5) is 0 Å². The van der Waals surface area contributed by atoms with Gasteiger partial charge in [0.25, 0.3) is 5.91 Å². The van der Waals surface area contributed by atoms with Crippen molar-refractivity contribution in [1.29, 1.82) is 0 Å². The molecule has 1 unspecified atom stereocenters. The number of carbonyl (C=O) groups is 3. The molecule has 1 aromatic heterocycles. The van der Waals surface area contributed by atoms with E-state index >= 15 is 0 Å².